The molecule has 1 heterocycles. The number of carbonyl (C=O) groups excluding carboxylic acids is 1. The average Bonchev–Trinajstić information content (AvgIpc) is 1.98. The van der Waals surface area contributed by atoms with Gasteiger partial charge in [-0.2, -0.15) is 0 Å². The van der Waals surface area contributed by atoms with Crippen molar-refractivity contribution >= 4 is 17.7 Å². The number of rotatable bonds is 2. The summed E-state index contributed by atoms with van der Waals surface area (Å²) >= 11 is 1.58. The van der Waals surface area contributed by atoms with E-state index >= 15 is 0 Å². The van der Waals surface area contributed by atoms with Gasteiger partial charge in [-0.05, 0) is 11.8 Å². The fourth-order valence-electron chi connectivity index (χ4n) is 0.916. The summed E-state index contributed by atoms with van der Waals surface area (Å²) in [6, 6.07) is 0. The second-order valence-electron chi connectivity index (χ2n) is 2.40. The van der Waals surface area contributed by atoms with Crippen LogP contribution in [-0.2, 0) is 4.79 Å². The number of nitrogens with zero attached hydrogens (tertiary/aromatic N) is 1. The molecule has 2 N–H and O–H groups in total. The maximum Gasteiger partial charge on any atom is 0.236 e. The number of hydrogen-bond acceptors (Lipinski definition) is 3. The zero-order valence-corrected chi connectivity index (χ0v) is 7.36. The molecule has 0 spiro atoms. The summed E-state index contributed by atoms with van der Waals surface area (Å²) in [6.07, 6.45) is 1.86. The van der Waals surface area contributed by atoms with Crippen LogP contribution in [0.3, 0.4) is 0 Å². The first kappa shape index (κ1) is 8.62. The summed E-state index contributed by atoms with van der Waals surface area (Å²) in [6.45, 7) is 3.16. The van der Waals surface area contributed by atoms with E-state index in [9.17, 15) is 4.79 Å². The van der Waals surface area contributed by atoms with E-state index in [0.717, 1.165) is 0 Å². The molecule has 62 valence electrons. The molecule has 0 bridgehead atoms. The number of carbonyl (C=O) groups is 1. The Morgan fingerprint density at radius 2 is 2.55 bits per heavy atom. The zero-order valence-electron chi connectivity index (χ0n) is 6.54. The van der Waals surface area contributed by atoms with Crippen LogP contribution < -0.4 is 5.73 Å². The van der Waals surface area contributed by atoms with Gasteiger partial charge in [0, 0.05) is 19.3 Å². The predicted octanol–water partition coefficient (Wildman–Crippen LogP) is 0.382. The summed E-state index contributed by atoms with van der Waals surface area (Å²) in [5, 5.41) is 0. The van der Waals surface area contributed by atoms with Crippen LogP contribution in [0.1, 0.15) is 6.92 Å². The van der Waals surface area contributed by atoms with Gasteiger partial charge in [0.25, 0.3) is 0 Å². The third-order valence-electron chi connectivity index (χ3n) is 1.45. The highest BCUT2D eigenvalue weighted by Crippen LogP contribution is 2.20. The van der Waals surface area contributed by atoms with Crippen molar-refractivity contribution in [1.29, 1.82) is 0 Å². The zero-order chi connectivity index (χ0) is 8.27. The lowest BCUT2D eigenvalue weighted by atomic mass is 10.4. The average molecular weight is 172 g/mol. The first-order valence-corrected chi connectivity index (χ1v) is 4.53. The predicted molar refractivity (Wildman–Crippen MR) is 47.0 cm³/mol. The lowest BCUT2D eigenvalue weighted by Crippen LogP contribution is -2.34. The number of nitrogens with two attached hydrogens (primary N) is 1. The molecule has 1 amide bonds. The van der Waals surface area contributed by atoms with E-state index in [0.29, 0.717) is 18.8 Å². The number of allylic oxidation sites excluding steroid dienone is 1. The lowest BCUT2D eigenvalue weighted by molar-refractivity contribution is -0.125. The maximum atomic E-state index is 11.1. The Kier molecular flexibility index (Phi) is 2.96. The van der Waals surface area contributed by atoms with Gasteiger partial charge in [-0.25, -0.2) is 0 Å². The number of hydrogen-bond donors (Lipinski definition) is 1. The van der Waals surface area contributed by atoms with Gasteiger partial charge in [-0.3, -0.25) is 4.79 Å². The van der Waals surface area contributed by atoms with Crippen molar-refractivity contribution in [2.24, 2.45) is 5.73 Å². The Hall–Kier alpha value is -0.480. The summed E-state index contributed by atoms with van der Waals surface area (Å²) in [4.78, 5) is 14.0. The van der Waals surface area contributed by atoms with Gasteiger partial charge in [-0.1, -0.05) is 0 Å². The Bertz CT molecular complexity index is 191. The molecule has 0 fully saturated rings. The largest absolute Gasteiger partial charge is 0.329 e. The van der Waals surface area contributed by atoms with Gasteiger partial charge in [0.2, 0.25) is 5.91 Å². The highest BCUT2D eigenvalue weighted by molar-refractivity contribution is 8.03. The summed E-state index contributed by atoms with van der Waals surface area (Å²) in [5.41, 5.74) is 5.34. The molecule has 0 aromatic carbocycles. The van der Waals surface area contributed by atoms with Crippen LogP contribution in [0, 0.1) is 0 Å². The lowest BCUT2D eigenvalue weighted by Gasteiger charge is -2.22. The highest BCUT2D eigenvalue weighted by Gasteiger charge is 2.15. The first-order chi connectivity index (χ1) is 5.24. The molecule has 0 aromatic heterocycles. The molecule has 4 heteroatoms. The van der Waals surface area contributed by atoms with Crippen molar-refractivity contribution in [3.63, 3.8) is 0 Å². The van der Waals surface area contributed by atoms with E-state index < -0.39 is 0 Å². The SMILES string of the molecule is CC1=CN(CCN)C(=O)CS1. The fraction of sp³-hybridized carbons (Fsp3) is 0.571. The summed E-state index contributed by atoms with van der Waals surface area (Å²) < 4.78 is 0. The van der Waals surface area contributed by atoms with Gasteiger partial charge >= 0.3 is 0 Å². The van der Waals surface area contributed by atoms with Crippen LogP contribution in [0.2, 0.25) is 0 Å². The Balaban J connectivity index is 2.59. The molecular formula is C7H12N2OS. The minimum absolute atomic E-state index is 0.158. The second kappa shape index (κ2) is 3.78. The molecular weight excluding hydrogens is 160 g/mol. The van der Waals surface area contributed by atoms with Crippen molar-refractivity contribution in [3.05, 3.63) is 11.1 Å². The Labute approximate surface area is 70.6 Å². The van der Waals surface area contributed by atoms with Gasteiger partial charge < -0.3 is 10.6 Å². The molecule has 0 unspecified atom stereocenters. The van der Waals surface area contributed by atoms with E-state index in [1.165, 1.54) is 4.91 Å². The molecule has 0 saturated heterocycles. The van der Waals surface area contributed by atoms with E-state index in [-0.39, 0.29) is 5.91 Å². The number of amides is 1. The van der Waals surface area contributed by atoms with Crippen LogP contribution in [0.25, 0.3) is 0 Å². The van der Waals surface area contributed by atoms with Crippen LogP contribution in [-0.4, -0.2) is 29.6 Å². The highest BCUT2D eigenvalue weighted by atomic mass is 32.2. The molecule has 11 heavy (non-hydrogen) atoms. The Morgan fingerprint density at radius 1 is 1.82 bits per heavy atom. The molecule has 0 radical (unpaired) electrons. The minimum atomic E-state index is 0.158. The molecule has 0 saturated carbocycles. The molecule has 1 rings (SSSR count). The molecule has 0 atom stereocenters. The Morgan fingerprint density at radius 3 is 3.18 bits per heavy atom. The van der Waals surface area contributed by atoms with Gasteiger partial charge in [0.15, 0.2) is 0 Å². The monoisotopic (exact) mass is 172 g/mol. The molecule has 0 aromatic rings. The van der Waals surface area contributed by atoms with Crippen molar-refractivity contribution < 1.29 is 4.79 Å². The van der Waals surface area contributed by atoms with Crippen molar-refractivity contribution in [2.75, 3.05) is 18.8 Å². The molecule has 3 nitrogen and oxygen atoms in total. The van der Waals surface area contributed by atoms with Crippen LogP contribution >= 0.6 is 11.8 Å². The van der Waals surface area contributed by atoms with Crippen molar-refractivity contribution in [2.45, 2.75) is 6.92 Å². The third kappa shape index (κ3) is 2.24. The van der Waals surface area contributed by atoms with E-state index in [1.807, 2.05) is 13.1 Å². The topological polar surface area (TPSA) is 46.3 Å². The van der Waals surface area contributed by atoms with E-state index in [2.05, 4.69) is 0 Å². The quantitative estimate of drug-likeness (QED) is 0.655. The molecule has 0 aliphatic carbocycles. The van der Waals surface area contributed by atoms with Gasteiger partial charge in [0.1, 0.15) is 0 Å². The standard InChI is InChI=1S/C7H12N2OS/c1-6-4-9(3-2-8)7(10)5-11-6/h4H,2-3,5,8H2,1H3. The third-order valence-corrected chi connectivity index (χ3v) is 2.40. The normalized spacial score (nSPS) is 18.5. The van der Waals surface area contributed by atoms with Crippen LogP contribution in [0.5, 0.6) is 0 Å². The van der Waals surface area contributed by atoms with Gasteiger partial charge in [0.05, 0.1) is 5.75 Å². The van der Waals surface area contributed by atoms with Gasteiger partial charge in [-0.15, -0.1) is 11.8 Å². The summed E-state index contributed by atoms with van der Waals surface area (Å²) in [7, 11) is 0. The molecule has 1 aliphatic rings. The van der Waals surface area contributed by atoms with Crippen molar-refractivity contribution in [1.82, 2.24) is 4.90 Å². The minimum Gasteiger partial charge on any atom is -0.329 e. The summed E-state index contributed by atoms with van der Waals surface area (Å²) in [5.74, 6) is 0.716. The van der Waals surface area contributed by atoms with Crippen LogP contribution in [0.4, 0.5) is 0 Å². The van der Waals surface area contributed by atoms with E-state index in [4.69, 9.17) is 5.73 Å². The van der Waals surface area contributed by atoms with Crippen LogP contribution in [0.15, 0.2) is 11.1 Å². The smallest absolute Gasteiger partial charge is 0.236 e. The molecule has 1 aliphatic heterocycles. The first-order valence-electron chi connectivity index (χ1n) is 3.55. The second-order valence-corrected chi connectivity index (χ2v) is 3.63. The van der Waals surface area contributed by atoms with E-state index in [1.54, 1.807) is 16.7 Å². The maximum absolute atomic E-state index is 11.1. The fourth-order valence-corrected chi connectivity index (χ4v) is 1.63. The number of thioether (sulfide) groups is 1. The van der Waals surface area contributed by atoms with Crippen molar-refractivity contribution in [3.8, 4) is 0 Å².